The van der Waals surface area contributed by atoms with Crippen molar-refractivity contribution < 1.29 is 14.6 Å². The van der Waals surface area contributed by atoms with Gasteiger partial charge in [0.25, 0.3) is 0 Å². The van der Waals surface area contributed by atoms with E-state index in [0.717, 1.165) is 25.0 Å². The summed E-state index contributed by atoms with van der Waals surface area (Å²) in [7, 11) is 5.20. The summed E-state index contributed by atoms with van der Waals surface area (Å²) < 4.78 is 4.86. The molecule has 0 saturated carbocycles. The highest BCUT2D eigenvalue weighted by molar-refractivity contribution is 5.79. The maximum absolute atomic E-state index is 12.0. The molecule has 1 aliphatic rings. The predicted molar refractivity (Wildman–Crippen MR) is 70.1 cm³/mol. The highest BCUT2D eigenvalue weighted by Gasteiger charge is 2.18. The molecule has 5 heteroatoms. The minimum absolute atomic E-state index is 0.0651. The minimum atomic E-state index is -0.552. The van der Waals surface area contributed by atoms with Crippen molar-refractivity contribution in [3.63, 3.8) is 0 Å². The molecule has 1 atom stereocenters. The first kappa shape index (κ1) is 15.1. The van der Waals surface area contributed by atoms with E-state index < -0.39 is 6.10 Å². The molecule has 1 unspecified atom stereocenters. The number of ether oxygens (including phenoxy) is 1. The Morgan fingerprint density at radius 1 is 1.56 bits per heavy atom. The number of methoxy groups -OCH3 is 1. The zero-order valence-electron chi connectivity index (χ0n) is 11.6. The molecule has 1 amide bonds. The lowest BCUT2D eigenvalue weighted by Crippen LogP contribution is -2.40. The van der Waals surface area contributed by atoms with Crippen LogP contribution in [0.1, 0.15) is 19.3 Å². The van der Waals surface area contributed by atoms with E-state index in [1.807, 2.05) is 19.0 Å². The monoisotopic (exact) mass is 256 g/mol. The van der Waals surface area contributed by atoms with E-state index in [0.29, 0.717) is 19.7 Å². The van der Waals surface area contributed by atoms with Crippen molar-refractivity contribution in [1.82, 2.24) is 9.80 Å². The van der Waals surface area contributed by atoms with Gasteiger partial charge in [0.15, 0.2) is 0 Å². The van der Waals surface area contributed by atoms with Gasteiger partial charge >= 0.3 is 0 Å². The Hall–Kier alpha value is -0.910. The van der Waals surface area contributed by atoms with Crippen molar-refractivity contribution in [2.45, 2.75) is 25.4 Å². The lowest BCUT2D eigenvalue weighted by Gasteiger charge is -2.24. The van der Waals surface area contributed by atoms with Gasteiger partial charge in [0.2, 0.25) is 5.91 Å². The van der Waals surface area contributed by atoms with Crippen LogP contribution in [0, 0.1) is 0 Å². The van der Waals surface area contributed by atoms with E-state index in [1.54, 1.807) is 12.0 Å². The maximum atomic E-state index is 12.0. The van der Waals surface area contributed by atoms with Crippen molar-refractivity contribution in [2.75, 3.05) is 40.9 Å². The summed E-state index contributed by atoms with van der Waals surface area (Å²) in [5.41, 5.74) is 1.12. The highest BCUT2D eigenvalue weighted by atomic mass is 16.5. The van der Waals surface area contributed by atoms with Crippen LogP contribution in [0.4, 0.5) is 0 Å². The van der Waals surface area contributed by atoms with Crippen LogP contribution in [0.15, 0.2) is 11.8 Å². The number of hydrogen-bond donors (Lipinski definition) is 1. The lowest BCUT2D eigenvalue weighted by molar-refractivity contribution is -0.129. The van der Waals surface area contributed by atoms with Gasteiger partial charge < -0.3 is 14.7 Å². The largest absolute Gasteiger partial charge is 0.389 e. The summed E-state index contributed by atoms with van der Waals surface area (Å²) in [6.07, 6.45) is 4.75. The Kier molecular flexibility index (Phi) is 6.32. The minimum Gasteiger partial charge on any atom is -0.389 e. The molecule has 18 heavy (non-hydrogen) atoms. The second kappa shape index (κ2) is 7.51. The second-order valence-corrected chi connectivity index (χ2v) is 4.85. The summed E-state index contributed by atoms with van der Waals surface area (Å²) in [6.45, 7) is 1.04. The topological polar surface area (TPSA) is 53.0 Å². The average molecular weight is 256 g/mol. The van der Waals surface area contributed by atoms with Crippen LogP contribution in [0.25, 0.3) is 0 Å². The number of carbonyl (C=O) groups is 1. The normalized spacial score (nSPS) is 16.8. The van der Waals surface area contributed by atoms with Gasteiger partial charge in [0.1, 0.15) is 0 Å². The Bertz CT molecular complexity index is 305. The molecule has 0 aliphatic heterocycles. The van der Waals surface area contributed by atoms with Crippen molar-refractivity contribution in [3.05, 3.63) is 11.8 Å². The molecule has 1 rings (SSSR count). The van der Waals surface area contributed by atoms with Crippen LogP contribution in [-0.2, 0) is 9.53 Å². The van der Waals surface area contributed by atoms with Gasteiger partial charge in [-0.25, -0.2) is 0 Å². The first-order chi connectivity index (χ1) is 8.54. The van der Waals surface area contributed by atoms with E-state index in [2.05, 4.69) is 6.08 Å². The fourth-order valence-corrected chi connectivity index (χ4v) is 2.13. The van der Waals surface area contributed by atoms with Gasteiger partial charge in [0, 0.05) is 26.4 Å². The molecular formula is C13H24N2O3. The smallest absolute Gasteiger partial charge is 0.240 e. The SMILES string of the molecule is COCC(O)CN(C)CC(=O)N(C)C1=CCCC1. The Balaban J connectivity index is 2.34. The van der Waals surface area contributed by atoms with Crippen LogP contribution >= 0.6 is 0 Å². The van der Waals surface area contributed by atoms with Crippen molar-refractivity contribution in [1.29, 1.82) is 0 Å². The van der Waals surface area contributed by atoms with Crippen LogP contribution in [0.5, 0.6) is 0 Å². The molecular weight excluding hydrogens is 232 g/mol. The molecule has 0 spiro atoms. The van der Waals surface area contributed by atoms with Gasteiger partial charge in [-0.15, -0.1) is 0 Å². The molecule has 0 aromatic heterocycles. The number of amides is 1. The molecule has 0 aromatic rings. The highest BCUT2D eigenvalue weighted by Crippen LogP contribution is 2.20. The standard InChI is InChI=1S/C13H24N2O3/c1-14(8-12(16)10-18-3)9-13(17)15(2)11-6-4-5-7-11/h6,12,16H,4-5,7-10H2,1-3H3. The molecule has 0 radical (unpaired) electrons. The number of likely N-dealkylation sites (N-methyl/N-ethyl adjacent to an activating group) is 2. The molecule has 0 fully saturated rings. The van der Waals surface area contributed by atoms with Gasteiger partial charge in [-0.1, -0.05) is 6.08 Å². The van der Waals surface area contributed by atoms with Gasteiger partial charge in [-0.2, -0.15) is 0 Å². The third-order valence-corrected chi connectivity index (χ3v) is 3.11. The Morgan fingerprint density at radius 3 is 2.83 bits per heavy atom. The third kappa shape index (κ3) is 4.76. The second-order valence-electron chi connectivity index (χ2n) is 4.85. The number of carbonyl (C=O) groups excluding carboxylic acids is 1. The van der Waals surface area contributed by atoms with Crippen molar-refractivity contribution in [2.24, 2.45) is 0 Å². The summed E-state index contributed by atoms with van der Waals surface area (Å²) >= 11 is 0. The lowest BCUT2D eigenvalue weighted by atomic mass is 10.3. The molecule has 104 valence electrons. The molecule has 1 N–H and O–H groups in total. The van der Waals surface area contributed by atoms with Gasteiger partial charge in [0.05, 0.1) is 19.3 Å². The molecule has 0 aromatic carbocycles. The fraction of sp³-hybridized carbons (Fsp3) is 0.769. The molecule has 0 saturated heterocycles. The van der Waals surface area contributed by atoms with Crippen molar-refractivity contribution >= 4 is 5.91 Å². The van der Waals surface area contributed by atoms with Crippen LogP contribution < -0.4 is 0 Å². The molecule has 0 heterocycles. The first-order valence-electron chi connectivity index (χ1n) is 6.35. The summed E-state index contributed by atoms with van der Waals surface area (Å²) in [5, 5.41) is 9.58. The zero-order valence-corrected chi connectivity index (χ0v) is 11.6. The number of allylic oxidation sites excluding steroid dienone is 2. The Labute approximate surface area is 109 Å². The van der Waals surface area contributed by atoms with Gasteiger partial charge in [-0.05, 0) is 26.3 Å². The number of aliphatic hydroxyl groups excluding tert-OH is 1. The number of hydrogen-bond acceptors (Lipinski definition) is 4. The summed E-state index contributed by atoms with van der Waals surface area (Å²) in [6, 6.07) is 0. The quantitative estimate of drug-likeness (QED) is 0.718. The fourth-order valence-electron chi connectivity index (χ4n) is 2.13. The van der Waals surface area contributed by atoms with Crippen molar-refractivity contribution in [3.8, 4) is 0 Å². The van der Waals surface area contributed by atoms with Crippen LogP contribution in [0.3, 0.4) is 0 Å². The third-order valence-electron chi connectivity index (χ3n) is 3.11. The summed E-state index contributed by atoms with van der Waals surface area (Å²) in [5.74, 6) is 0.0651. The Morgan fingerprint density at radius 2 is 2.28 bits per heavy atom. The van der Waals surface area contributed by atoms with Crippen LogP contribution in [-0.4, -0.2) is 67.8 Å². The van der Waals surface area contributed by atoms with E-state index in [1.165, 1.54) is 0 Å². The van der Waals surface area contributed by atoms with E-state index in [9.17, 15) is 9.90 Å². The average Bonchev–Trinajstić information content (AvgIpc) is 2.81. The van der Waals surface area contributed by atoms with Crippen LogP contribution in [0.2, 0.25) is 0 Å². The first-order valence-corrected chi connectivity index (χ1v) is 6.35. The van der Waals surface area contributed by atoms with Gasteiger partial charge in [-0.3, -0.25) is 9.69 Å². The number of aliphatic hydroxyl groups is 1. The molecule has 0 bridgehead atoms. The summed E-state index contributed by atoms with van der Waals surface area (Å²) in [4.78, 5) is 15.6. The maximum Gasteiger partial charge on any atom is 0.240 e. The number of nitrogens with zero attached hydrogens (tertiary/aromatic N) is 2. The zero-order chi connectivity index (χ0) is 13.5. The molecule has 5 nitrogen and oxygen atoms in total. The van der Waals surface area contributed by atoms with E-state index in [4.69, 9.17) is 4.74 Å². The molecule has 1 aliphatic carbocycles. The van der Waals surface area contributed by atoms with E-state index in [-0.39, 0.29) is 5.91 Å². The van der Waals surface area contributed by atoms with E-state index >= 15 is 0 Å². The predicted octanol–water partition coefficient (Wildman–Crippen LogP) is 0.452. The number of rotatable bonds is 7.